The molecule has 0 spiro atoms. The van der Waals surface area contributed by atoms with E-state index >= 15 is 0 Å². The molecular weight excluding hydrogens is 290 g/mol. The maximum absolute atomic E-state index is 11.8. The third-order valence-corrected chi connectivity index (χ3v) is 2.70. The van der Waals surface area contributed by atoms with Gasteiger partial charge >= 0.3 is 5.97 Å². The number of hydrogen-bond donors (Lipinski definition) is 1. The molecule has 0 aliphatic heterocycles. The molecular formula is C15H13NO6. The van der Waals surface area contributed by atoms with Crippen LogP contribution in [0.1, 0.15) is 20.7 Å². The molecule has 0 aliphatic rings. The first-order valence-electron chi connectivity index (χ1n) is 6.27. The van der Waals surface area contributed by atoms with E-state index < -0.39 is 24.4 Å². The highest BCUT2D eigenvalue weighted by molar-refractivity contribution is 6.05. The number of ether oxygens (including phenoxy) is 2. The number of furan rings is 1. The van der Waals surface area contributed by atoms with Crippen molar-refractivity contribution < 1.29 is 28.3 Å². The summed E-state index contributed by atoms with van der Waals surface area (Å²) >= 11 is 0. The molecule has 0 fully saturated rings. The van der Waals surface area contributed by atoms with Crippen LogP contribution in [0.2, 0.25) is 0 Å². The number of carbonyl (C=O) groups excluding carboxylic acids is 3. The van der Waals surface area contributed by atoms with Crippen molar-refractivity contribution >= 4 is 17.8 Å². The summed E-state index contributed by atoms with van der Waals surface area (Å²) in [6.45, 7) is -0.564. The van der Waals surface area contributed by atoms with Gasteiger partial charge in [-0.25, -0.2) is 4.79 Å². The van der Waals surface area contributed by atoms with Gasteiger partial charge < -0.3 is 13.9 Å². The molecule has 2 aromatic rings. The summed E-state index contributed by atoms with van der Waals surface area (Å²) in [6, 6.07) is 7.62. The Morgan fingerprint density at radius 3 is 2.41 bits per heavy atom. The van der Waals surface area contributed by atoms with Gasteiger partial charge in [-0.15, -0.1) is 0 Å². The highest BCUT2D eigenvalue weighted by Gasteiger charge is 2.14. The Bertz CT molecular complexity index is 660. The lowest BCUT2D eigenvalue weighted by molar-refractivity contribution is -0.123. The average Bonchev–Trinajstić information content (AvgIpc) is 3.07. The van der Waals surface area contributed by atoms with Crippen LogP contribution >= 0.6 is 0 Å². The van der Waals surface area contributed by atoms with Gasteiger partial charge in [-0.05, 0) is 30.3 Å². The number of nitrogens with one attached hydrogen (secondary N) is 1. The molecule has 0 unspecified atom stereocenters. The Kier molecular flexibility index (Phi) is 4.92. The first kappa shape index (κ1) is 15.3. The van der Waals surface area contributed by atoms with E-state index in [0.29, 0.717) is 5.75 Å². The number of rotatable bonds is 5. The van der Waals surface area contributed by atoms with Crippen molar-refractivity contribution in [3.05, 3.63) is 54.0 Å². The predicted molar refractivity (Wildman–Crippen MR) is 74.5 cm³/mol. The number of amides is 2. The molecule has 1 N–H and O–H groups in total. The molecule has 7 heteroatoms. The third-order valence-electron chi connectivity index (χ3n) is 2.70. The van der Waals surface area contributed by atoms with Crippen LogP contribution in [0.15, 0.2) is 47.3 Å². The summed E-state index contributed by atoms with van der Waals surface area (Å²) in [6.07, 6.45) is 2.51. The van der Waals surface area contributed by atoms with Gasteiger partial charge in [-0.3, -0.25) is 14.9 Å². The van der Waals surface area contributed by atoms with Gasteiger partial charge in [0.1, 0.15) is 12.0 Å². The van der Waals surface area contributed by atoms with Crippen LogP contribution in [0.3, 0.4) is 0 Å². The van der Waals surface area contributed by atoms with Gasteiger partial charge in [0.25, 0.3) is 11.8 Å². The molecule has 0 radical (unpaired) electrons. The van der Waals surface area contributed by atoms with Gasteiger partial charge in [-0.2, -0.15) is 0 Å². The number of imide groups is 1. The van der Waals surface area contributed by atoms with Crippen molar-refractivity contribution in [2.45, 2.75) is 0 Å². The molecule has 2 amide bonds. The van der Waals surface area contributed by atoms with Crippen LogP contribution in [0.4, 0.5) is 0 Å². The molecule has 0 aliphatic carbocycles. The Hall–Kier alpha value is -3.09. The topological polar surface area (TPSA) is 94.8 Å². The average molecular weight is 303 g/mol. The number of carbonyl (C=O) groups is 3. The zero-order chi connectivity index (χ0) is 15.9. The molecule has 22 heavy (non-hydrogen) atoms. The van der Waals surface area contributed by atoms with Crippen LogP contribution in [-0.4, -0.2) is 31.5 Å². The first-order valence-corrected chi connectivity index (χ1v) is 6.27. The van der Waals surface area contributed by atoms with Crippen molar-refractivity contribution in [2.24, 2.45) is 0 Å². The minimum Gasteiger partial charge on any atom is -0.497 e. The summed E-state index contributed by atoms with van der Waals surface area (Å²) in [5.41, 5.74) is 0.476. The number of hydrogen-bond acceptors (Lipinski definition) is 6. The van der Waals surface area contributed by atoms with Gasteiger partial charge in [0.05, 0.1) is 18.9 Å². The van der Waals surface area contributed by atoms with E-state index in [0.717, 1.165) is 0 Å². The number of benzene rings is 1. The molecule has 1 aromatic heterocycles. The Balaban J connectivity index is 1.83. The SMILES string of the molecule is COc1ccc(C(=O)NC(=O)COC(=O)c2ccoc2)cc1. The monoisotopic (exact) mass is 303 g/mol. The van der Waals surface area contributed by atoms with Crippen LogP contribution < -0.4 is 10.1 Å². The second kappa shape index (κ2) is 7.07. The predicted octanol–water partition coefficient (Wildman–Crippen LogP) is 1.40. The lowest BCUT2D eigenvalue weighted by atomic mass is 10.2. The normalized spacial score (nSPS) is 9.86. The molecule has 0 atom stereocenters. The van der Waals surface area contributed by atoms with Gasteiger partial charge in [0, 0.05) is 5.56 Å². The van der Waals surface area contributed by atoms with E-state index in [1.807, 2.05) is 0 Å². The standard InChI is InChI=1S/C15H13NO6/c1-20-12-4-2-10(3-5-12)14(18)16-13(17)9-22-15(19)11-6-7-21-8-11/h2-8H,9H2,1H3,(H,16,17,18). The van der Waals surface area contributed by atoms with E-state index in [1.54, 1.807) is 12.1 Å². The van der Waals surface area contributed by atoms with Crippen LogP contribution in [-0.2, 0) is 9.53 Å². The summed E-state index contributed by atoms with van der Waals surface area (Å²) in [5, 5.41) is 2.12. The number of esters is 1. The van der Waals surface area contributed by atoms with Crippen molar-refractivity contribution in [3.8, 4) is 5.75 Å². The summed E-state index contributed by atoms with van der Waals surface area (Å²) in [4.78, 5) is 34.8. The van der Waals surface area contributed by atoms with Crippen LogP contribution in [0.25, 0.3) is 0 Å². The summed E-state index contributed by atoms with van der Waals surface area (Å²) in [7, 11) is 1.51. The first-order chi connectivity index (χ1) is 10.6. The zero-order valence-electron chi connectivity index (χ0n) is 11.7. The van der Waals surface area contributed by atoms with Crippen molar-refractivity contribution in [3.63, 3.8) is 0 Å². The van der Waals surface area contributed by atoms with Crippen LogP contribution in [0, 0.1) is 0 Å². The highest BCUT2D eigenvalue weighted by Crippen LogP contribution is 2.11. The lowest BCUT2D eigenvalue weighted by Crippen LogP contribution is -2.34. The van der Waals surface area contributed by atoms with Crippen molar-refractivity contribution in [1.82, 2.24) is 5.32 Å². The fraction of sp³-hybridized carbons (Fsp3) is 0.133. The Morgan fingerprint density at radius 1 is 1.09 bits per heavy atom. The lowest BCUT2D eigenvalue weighted by Gasteiger charge is -2.05. The minimum absolute atomic E-state index is 0.189. The number of methoxy groups -OCH3 is 1. The van der Waals surface area contributed by atoms with Gasteiger partial charge in [-0.1, -0.05) is 0 Å². The maximum Gasteiger partial charge on any atom is 0.341 e. The molecule has 2 rings (SSSR count). The molecule has 7 nitrogen and oxygen atoms in total. The molecule has 0 bridgehead atoms. The molecule has 114 valence electrons. The quantitative estimate of drug-likeness (QED) is 0.839. The van der Waals surface area contributed by atoms with Gasteiger partial charge in [0.2, 0.25) is 0 Å². The minimum atomic E-state index is -0.724. The largest absolute Gasteiger partial charge is 0.497 e. The van der Waals surface area contributed by atoms with Crippen molar-refractivity contribution in [2.75, 3.05) is 13.7 Å². The van der Waals surface area contributed by atoms with E-state index in [9.17, 15) is 14.4 Å². The van der Waals surface area contributed by atoms with Crippen molar-refractivity contribution in [1.29, 1.82) is 0 Å². The summed E-state index contributed by atoms with van der Waals surface area (Å²) in [5.74, 6) is -1.43. The van der Waals surface area contributed by atoms with Gasteiger partial charge in [0.15, 0.2) is 6.61 Å². The fourth-order valence-corrected chi connectivity index (χ4v) is 1.57. The Morgan fingerprint density at radius 2 is 1.82 bits per heavy atom. The molecule has 0 saturated carbocycles. The van der Waals surface area contributed by atoms with E-state index in [1.165, 1.54) is 37.8 Å². The molecule has 1 aromatic carbocycles. The highest BCUT2D eigenvalue weighted by atomic mass is 16.5. The fourth-order valence-electron chi connectivity index (χ4n) is 1.57. The van der Waals surface area contributed by atoms with E-state index in [2.05, 4.69) is 5.32 Å². The van der Waals surface area contributed by atoms with E-state index in [-0.39, 0.29) is 11.1 Å². The smallest absolute Gasteiger partial charge is 0.341 e. The maximum atomic E-state index is 11.8. The third kappa shape index (κ3) is 3.95. The summed E-state index contributed by atoms with van der Waals surface area (Å²) < 4.78 is 14.4. The zero-order valence-corrected chi connectivity index (χ0v) is 11.7. The second-order valence-corrected chi connectivity index (χ2v) is 4.19. The molecule has 1 heterocycles. The molecule has 0 saturated heterocycles. The Labute approximate surface area is 125 Å². The van der Waals surface area contributed by atoms with E-state index in [4.69, 9.17) is 13.9 Å². The van der Waals surface area contributed by atoms with Crippen LogP contribution in [0.5, 0.6) is 5.75 Å². The second-order valence-electron chi connectivity index (χ2n) is 4.19.